The number of benzene rings is 2. The fraction of sp³-hybridized carbons (Fsp3) is 0.280. The van der Waals surface area contributed by atoms with Crippen LogP contribution in [0.3, 0.4) is 0 Å². The minimum atomic E-state index is -1.28. The van der Waals surface area contributed by atoms with Gasteiger partial charge in [0.15, 0.2) is 0 Å². The number of amides is 2. The number of nitrogens with zero attached hydrogens (tertiary/aromatic N) is 2. The number of aliphatic carboxylic acids is 1. The van der Waals surface area contributed by atoms with E-state index >= 15 is 0 Å². The van der Waals surface area contributed by atoms with E-state index in [1.54, 1.807) is 12.4 Å². The molecule has 3 aromatic rings. The molecule has 2 aromatic carbocycles. The summed E-state index contributed by atoms with van der Waals surface area (Å²) in [7, 11) is 0. The third-order valence-electron chi connectivity index (χ3n) is 5.89. The average Bonchev–Trinajstić information content (AvgIpc) is 3.42. The second-order valence-electron chi connectivity index (χ2n) is 7.97. The molecular weight excluding hydrogens is 436 g/mol. The highest BCUT2D eigenvalue weighted by Gasteiger charge is 2.30. The number of carbonyl (C=O) groups is 3. The quantitative estimate of drug-likeness (QED) is 0.449. The first kappa shape index (κ1) is 23.0. The predicted octanol–water partition coefficient (Wildman–Crippen LogP) is 2.90. The van der Waals surface area contributed by atoms with Gasteiger partial charge in [-0.25, -0.2) is 9.78 Å². The molecule has 0 bridgehead atoms. The lowest BCUT2D eigenvalue weighted by molar-refractivity contribution is -0.139. The summed E-state index contributed by atoms with van der Waals surface area (Å²) in [6.45, 7) is 2.80. The number of alkyl carbamates (subject to hydrolysis) is 1. The molecule has 0 saturated carbocycles. The van der Waals surface area contributed by atoms with Crippen LogP contribution in [0.25, 0.3) is 11.1 Å². The Morgan fingerprint density at radius 3 is 2.35 bits per heavy atom. The second kappa shape index (κ2) is 10.2. The van der Waals surface area contributed by atoms with Gasteiger partial charge in [-0.1, -0.05) is 48.5 Å². The number of imidazole rings is 1. The van der Waals surface area contributed by atoms with Gasteiger partial charge in [-0.2, -0.15) is 0 Å². The zero-order valence-electron chi connectivity index (χ0n) is 18.7. The Morgan fingerprint density at radius 2 is 1.74 bits per heavy atom. The Hall–Kier alpha value is -4.14. The van der Waals surface area contributed by atoms with E-state index in [1.165, 1.54) is 0 Å². The number of carbonyl (C=O) groups excluding carboxylic acids is 2. The lowest BCUT2D eigenvalue weighted by atomic mass is 9.98. The van der Waals surface area contributed by atoms with Crippen molar-refractivity contribution in [1.82, 2.24) is 20.2 Å². The summed E-state index contributed by atoms with van der Waals surface area (Å²) in [5.41, 5.74) is 4.31. The summed E-state index contributed by atoms with van der Waals surface area (Å²) >= 11 is 0. The van der Waals surface area contributed by atoms with Crippen molar-refractivity contribution in [2.75, 3.05) is 6.61 Å². The van der Waals surface area contributed by atoms with Crippen LogP contribution in [0.1, 0.15) is 36.2 Å². The smallest absolute Gasteiger partial charge is 0.407 e. The van der Waals surface area contributed by atoms with Crippen molar-refractivity contribution >= 4 is 18.0 Å². The molecular formula is C25H26N4O5. The number of nitrogens with one attached hydrogen (secondary N) is 2. The maximum atomic E-state index is 12.6. The first-order chi connectivity index (χ1) is 16.5. The molecule has 0 fully saturated rings. The number of rotatable bonds is 9. The molecule has 34 heavy (non-hydrogen) atoms. The molecule has 4 rings (SSSR count). The van der Waals surface area contributed by atoms with Crippen LogP contribution in [0, 0.1) is 0 Å². The lowest BCUT2D eigenvalue weighted by Gasteiger charge is -2.19. The van der Waals surface area contributed by atoms with E-state index in [2.05, 4.69) is 15.6 Å². The SMILES string of the molecule is CCn1ccnc1CNC(=O)C(CC(=O)O)NC(=O)OCC1c2ccccc2-c2ccccc21. The molecule has 1 unspecified atom stereocenters. The van der Waals surface area contributed by atoms with Crippen LogP contribution in [0.4, 0.5) is 4.79 Å². The van der Waals surface area contributed by atoms with Crippen LogP contribution in [0.2, 0.25) is 0 Å². The summed E-state index contributed by atoms with van der Waals surface area (Å²) in [6.07, 6.45) is 1.98. The molecule has 1 atom stereocenters. The lowest BCUT2D eigenvalue weighted by Crippen LogP contribution is -2.48. The van der Waals surface area contributed by atoms with Crippen molar-refractivity contribution < 1.29 is 24.2 Å². The van der Waals surface area contributed by atoms with E-state index in [-0.39, 0.29) is 19.1 Å². The molecule has 176 valence electrons. The summed E-state index contributed by atoms with van der Waals surface area (Å²) in [5, 5.41) is 14.2. The van der Waals surface area contributed by atoms with Gasteiger partial charge < -0.3 is 25.0 Å². The molecule has 9 heteroatoms. The number of carboxylic acid groups (broad SMARTS) is 1. The molecule has 0 saturated heterocycles. The number of ether oxygens (including phenoxy) is 1. The highest BCUT2D eigenvalue weighted by molar-refractivity contribution is 5.89. The monoisotopic (exact) mass is 462 g/mol. The number of fused-ring (bicyclic) bond motifs is 3. The first-order valence-corrected chi connectivity index (χ1v) is 11.1. The molecule has 9 nitrogen and oxygen atoms in total. The highest BCUT2D eigenvalue weighted by atomic mass is 16.5. The zero-order valence-corrected chi connectivity index (χ0v) is 18.7. The minimum absolute atomic E-state index is 0.0647. The summed E-state index contributed by atoms with van der Waals surface area (Å²) in [6, 6.07) is 14.6. The third-order valence-corrected chi connectivity index (χ3v) is 5.89. The molecule has 3 N–H and O–H groups in total. The maximum absolute atomic E-state index is 12.6. The van der Waals surface area contributed by atoms with Gasteiger partial charge in [0, 0.05) is 24.9 Å². The first-order valence-electron chi connectivity index (χ1n) is 11.1. The normalized spacial score (nSPS) is 13.0. The van der Waals surface area contributed by atoms with E-state index in [4.69, 9.17) is 4.74 Å². The number of aromatic nitrogens is 2. The summed E-state index contributed by atoms with van der Waals surface area (Å²) in [5.74, 6) is -1.35. The molecule has 1 aliphatic rings. The van der Waals surface area contributed by atoms with Crippen molar-refractivity contribution in [3.8, 4) is 11.1 Å². The van der Waals surface area contributed by atoms with Gasteiger partial charge in [0.2, 0.25) is 5.91 Å². The Labute approximate surface area is 196 Å². The Morgan fingerprint density at radius 1 is 1.09 bits per heavy atom. The van der Waals surface area contributed by atoms with Gasteiger partial charge in [0.05, 0.1) is 13.0 Å². The third kappa shape index (κ3) is 4.93. The Balaban J connectivity index is 1.39. The van der Waals surface area contributed by atoms with Crippen LogP contribution < -0.4 is 10.6 Å². The van der Waals surface area contributed by atoms with Gasteiger partial charge in [-0.05, 0) is 29.2 Å². The van der Waals surface area contributed by atoms with Crippen molar-refractivity contribution in [2.24, 2.45) is 0 Å². The average molecular weight is 463 g/mol. The van der Waals surface area contributed by atoms with E-state index in [0.717, 1.165) is 22.3 Å². The van der Waals surface area contributed by atoms with Gasteiger partial charge in [-0.3, -0.25) is 9.59 Å². The molecule has 1 aliphatic carbocycles. The molecule has 0 spiro atoms. The van der Waals surface area contributed by atoms with Crippen molar-refractivity contribution in [3.63, 3.8) is 0 Å². The van der Waals surface area contributed by atoms with Crippen LogP contribution in [0.5, 0.6) is 0 Å². The molecule has 0 radical (unpaired) electrons. The van der Waals surface area contributed by atoms with Gasteiger partial charge in [0.1, 0.15) is 18.5 Å². The molecule has 2 amide bonds. The fourth-order valence-electron chi connectivity index (χ4n) is 4.25. The zero-order chi connectivity index (χ0) is 24.1. The van der Waals surface area contributed by atoms with Gasteiger partial charge >= 0.3 is 12.1 Å². The number of aryl methyl sites for hydroxylation is 1. The predicted molar refractivity (Wildman–Crippen MR) is 124 cm³/mol. The fourth-order valence-corrected chi connectivity index (χ4v) is 4.25. The van der Waals surface area contributed by atoms with Gasteiger partial charge in [-0.15, -0.1) is 0 Å². The van der Waals surface area contributed by atoms with E-state index in [9.17, 15) is 19.5 Å². The van der Waals surface area contributed by atoms with Crippen LogP contribution in [-0.2, 0) is 27.4 Å². The molecule has 1 heterocycles. The van der Waals surface area contributed by atoms with E-state index < -0.39 is 30.4 Å². The second-order valence-corrected chi connectivity index (χ2v) is 7.97. The van der Waals surface area contributed by atoms with Crippen LogP contribution in [0.15, 0.2) is 60.9 Å². The van der Waals surface area contributed by atoms with Gasteiger partial charge in [0.25, 0.3) is 0 Å². The van der Waals surface area contributed by atoms with Crippen molar-refractivity contribution in [1.29, 1.82) is 0 Å². The largest absolute Gasteiger partial charge is 0.481 e. The maximum Gasteiger partial charge on any atom is 0.407 e. The number of hydrogen-bond acceptors (Lipinski definition) is 5. The van der Waals surface area contributed by atoms with E-state index in [0.29, 0.717) is 12.4 Å². The minimum Gasteiger partial charge on any atom is -0.481 e. The number of carboxylic acids is 1. The van der Waals surface area contributed by atoms with Crippen LogP contribution in [-0.4, -0.2) is 45.3 Å². The topological polar surface area (TPSA) is 123 Å². The molecule has 1 aromatic heterocycles. The Kier molecular flexibility index (Phi) is 6.91. The van der Waals surface area contributed by atoms with E-state index in [1.807, 2.05) is 60.0 Å². The summed E-state index contributed by atoms with van der Waals surface area (Å²) < 4.78 is 7.30. The standard InChI is InChI=1S/C25H26N4O5/c1-2-29-12-11-26-22(29)14-27-24(32)21(13-23(30)31)28-25(33)34-15-20-18-9-5-3-7-16(18)17-8-4-6-10-19(17)20/h3-12,20-21H,2,13-15H2,1H3,(H,27,32)(H,28,33)(H,30,31). The van der Waals surface area contributed by atoms with Crippen molar-refractivity contribution in [3.05, 3.63) is 77.9 Å². The molecule has 0 aliphatic heterocycles. The number of hydrogen-bond donors (Lipinski definition) is 3. The Bertz CT molecular complexity index is 1160. The summed E-state index contributed by atoms with van der Waals surface area (Å²) in [4.78, 5) is 40.6. The van der Waals surface area contributed by atoms with Crippen LogP contribution >= 0.6 is 0 Å². The van der Waals surface area contributed by atoms with Crippen molar-refractivity contribution in [2.45, 2.75) is 38.4 Å². The highest BCUT2D eigenvalue weighted by Crippen LogP contribution is 2.44.